The van der Waals surface area contributed by atoms with Gasteiger partial charge in [0.25, 0.3) is 0 Å². The molecule has 1 N–H and O–H groups in total. The van der Waals surface area contributed by atoms with E-state index < -0.39 is 6.09 Å². The van der Waals surface area contributed by atoms with Crippen LogP contribution in [0.1, 0.15) is 25.8 Å². The molecule has 21 heavy (non-hydrogen) atoms. The molecule has 1 aliphatic rings. The summed E-state index contributed by atoms with van der Waals surface area (Å²) in [6.07, 6.45) is 0.436. The number of ether oxygens (including phenoxy) is 1. The van der Waals surface area contributed by atoms with E-state index in [1.807, 2.05) is 30.3 Å². The minimum Gasteiger partial charge on any atom is -0.445 e. The van der Waals surface area contributed by atoms with Crippen molar-refractivity contribution in [1.82, 2.24) is 10.2 Å². The zero-order chi connectivity index (χ0) is 15.2. The fraction of sp³-hybridized carbons (Fsp3) is 0.500. The highest BCUT2D eigenvalue weighted by atomic mass is 16.5. The molecule has 2 unspecified atom stereocenters. The third-order valence-corrected chi connectivity index (χ3v) is 3.64. The first-order chi connectivity index (χ1) is 10.0. The molecule has 2 rings (SSSR count). The monoisotopic (exact) mass is 290 g/mol. The van der Waals surface area contributed by atoms with Crippen molar-refractivity contribution >= 4 is 12.0 Å². The molecule has 0 aliphatic carbocycles. The van der Waals surface area contributed by atoms with Crippen LogP contribution in [0.5, 0.6) is 0 Å². The number of nitrogens with one attached hydrogen (secondary N) is 1. The molecule has 114 valence electrons. The Balaban J connectivity index is 1.80. The molecule has 2 amide bonds. The lowest BCUT2D eigenvalue weighted by Gasteiger charge is -2.36. The van der Waals surface area contributed by atoms with E-state index >= 15 is 0 Å². The van der Waals surface area contributed by atoms with E-state index in [9.17, 15) is 9.59 Å². The molecule has 1 aromatic carbocycles. The number of carbonyl (C=O) groups excluding carboxylic acids is 2. The van der Waals surface area contributed by atoms with Crippen LogP contribution in [0.3, 0.4) is 0 Å². The highest BCUT2D eigenvalue weighted by Crippen LogP contribution is 2.16. The van der Waals surface area contributed by atoms with Crippen molar-refractivity contribution in [1.29, 1.82) is 0 Å². The average Bonchev–Trinajstić information content (AvgIpc) is 2.45. The number of piperidine rings is 1. The average molecular weight is 290 g/mol. The highest BCUT2D eigenvalue weighted by Gasteiger charge is 2.27. The third-order valence-electron chi connectivity index (χ3n) is 3.64. The molecule has 0 aromatic heterocycles. The maximum atomic E-state index is 11.8. The number of nitrogens with zero attached hydrogens (tertiary/aromatic N) is 1. The number of carbonyl (C=O) groups is 2. The Morgan fingerprint density at radius 2 is 2.00 bits per heavy atom. The largest absolute Gasteiger partial charge is 0.445 e. The number of hydrogen-bond donors (Lipinski definition) is 1. The van der Waals surface area contributed by atoms with Gasteiger partial charge < -0.3 is 15.0 Å². The predicted molar refractivity (Wildman–Crippen MR) is 79.6 cm³/mol. The van der Waals surface area contributed by atoms with Crippen LogP contribution in [-0.4, -0.2) is 36.0 Å². The molecule has 2 atom stereocenters. The van der Waals surface area contributed by atoms with Crippen molar-refractivity contribution in [2.75, 3.05) is 13.1 Å². The lowest BCUT2D eigenvalue weighted by molar-refractivity contribution is -0.131. The van der Waals surface area contributed by atoms with Crippen LogP contribution in [0.4, 0.5) is 4.79 Å². The summed E-state index contributed by atoms with van der Waals surface area (Å²) in [4.78, 5) is 25.1. The van der Waals surface area contributed by atoms with Gasteiger partial charge in [-0.05, 0) is 17.9 Å². The SMILES string of the molecule is CC(=O)N1CC(C)CC(NC(=O)OCc2ccccc2)C1. The van der Waals surface area contributed by atoms with Crippen molar-refractivity contribution in [3.05, 3.63) is 35.9 Å². The van der Waals surface area contributed by atoms with Crippen LogP contribution in [0.15, 0.2) is 30.3 Å². The van der Waals surface area contributed by atoms with E-state index in [-0.39, 0.29) is 18.6 Å². The Kier molecular flexibility index (Phi) is 5.20. The molecule has 1 heterocycles. The summed E-state index contributed by atoms with van der Waals surface area (Å²) in [6, 6.07) is 9.51. The van der Waals surface area contributed by atoms with Gasteiger partial charge >= 0.3 is 6.09 Å². The zero-order valence-electron chi connectivity index (χ0n) is 12.5. The second-order valence-electron chi connectivity index (χ2n) is 5.67. The quantitative estimate of drug-likeness (QED) is 0.928. The minimum atomic E-state index is -0.429. The first kappa shape index (κ1) is 15.4. The summed E-state index contributed by atoms with van der Waals surface area (Å²) < 4.78 is 5.21. The van der Waals surface area contributed by atoms with Gasteiger partial charge in [0.2, 0.25) is 5.91 Å². The van der Waals surface area contributed by atoms with E-state index in [1.54, 1.807) is 11.8 Å². The van der Waals surface area contributed by atoms with Gasteiger partial charge in [0.05, 0.1) is 6.04 Å². The van der Waals surface area contributed by atoms with Crippen LogP contribution in [0.25, 0.3) is 0 Å². The van der Waals surface area contributed by atoms with Gasteiger partial charge in [-0.2, -0.15) is 0 Å². The maximum absolute atomic E-state index is 11.8. The summed E-state index contributed by atoms with van der Waals surface area (Å²) in [5.41, 5.74) is 0.954. The zero-order valence-corrected chi connectivity index (χ0v) is 12.5. The van der Waals surface area contributed by atoms with E-state index in [1.165, 1.54) is 0 Å². The van der Waals surface area contributed by atoms with Gasteiger partial charge in [0.1, 0.15) is 6.61 Å². The highest BCUT2D eigenvalue weighted by molar-refractivity contribution is 5.73. The minimum absolute atomic E-state index is 0.0408. The van der Waals surface area contributed by atoms with Gasteiger partial charge in [0, 0.05) is 20.0 Å². The fourth-order valence-corrected chi connectivity index (χ4v) is 2.64. The molecule has 0 bridgehead atoms. The molecule has 0 radical (unpaired) electrons. The van der Waals surface area contributed by atoms with Crippen molar-refractivity contribution in [2.24, 2.45) is 5.92 Å². The van der Waals surface area contributed by atoms with Crippen molar-refractivity contribution in [3.63, 3.8) is 0 Å². The summed E-state index contributed by atoms with van der Waals surface area (Å²) in [7, 11) is 0. The topological polar surface area (TPSA) is 58.6 Å². The van der Waals surface area contributed by atoms with Crippen molar-refractivity contribution in [3.8, 4) is 0 Å². The standard InChI is InChI=1S/C16H22N2O3/c1-12-8-15(10-18(9-12)13(2)19)17-16(20)21-11-14-6-4-3-5-7-14/h3-7,12,15H,8-11H2,1-2H3,(H,17,20). The summed E-state index contributed by atoms with van der Waals surface area (Å²) in [5.74, 6) is 0.424. The van der Waals surface area contributed by atoms with Gasteiger partial charge in [-0.15, -0.1) is 0 Å². The molecule has 1 aromatic rings. The second kappa shape index (κ2) is 7.11. The normalized spacial score (nSPS) is 21.7. The first-order valence-electron chi connectivity index (χ1n) is 7.27. The van der Waals surface area contributed by atoms with E-state index in [0.717, 1.165) is 18.5 Å². The van der Waals surface area contributed by atoms with Gasteiger partial charge in [-0.3, -0.25) is 4.79 Å². The Labute approximate surface area is 125 Å². The van der Waals surface area contributed by atoms with Gasteiger partial charge in [0.15, 0.2) is 0 Å². The number of hydrogen-bond acceptors (Lipinski definition) is 3. The van der Waals surface area contributed by atoms with E-state index in [2.05, 4.69) is 12.2 Å². The molecular formula is C16H22N2O3. The van der Waals surface area contributed by atoms with Gasteiger partial charge in [-0.1, -0.05) is 37.3 Å². The number of rotatable bonds is 3. The molecule has 5 nitrogen and oxygen atoms in total. The smallest absolute Gasteiger partial charge is 0.407 e. The Morgan fingerprint density at radius 3 is 2.67 bits per heavy atom. The Hall–Kier alpha value is -2.04. The molecule has 1 saturated heterocycles. The molecule has 0 saturated carbocycles. The van der Waals surface area contributed by atoms with Crippen LogP contribution in [0.2, 0.25) is 0 Å². The first-order valence-corrected chi connectivity index (χ1v) is 7.27. The summed E-state index contributed by atoms with van der Waals surface area (Å²) >= 11 is 0. The molecule has 0 spiro atoms. The third kappa shape index (κ3) is 4.77. The predicted octanol–water partition coefficient (Wildman–Crippen LogP) is 2.17. The molecular weight excluding hydrogens is 268 g/mol. The maximum Gasteiger partial charge on any atom is 0.407 e. The molecule has 1 aliphatic heterocycles. The lowest BCUT2D eigenvalue weighted by atomic mass is 9.96. The number of likely N-dealkylation sites (tertiary alicyclic amines) is 1. The number of alkyl carbamates (subject to hydrolysis) is 1. The molecule has 5 heteroatoms. The van der Waals surface area contributed by atoms with Crippen LogP contribution in [0, 0.1) is 5.92 Å². The Morgan fingerprint density at radius 1 is 1.29 bits per heavy atom. The van der Waals surface area contributed by atoms with Crippen molar-refractivity contribution < 1.29 is 14.3 Å². The fourth-order valence-electron chi connectivity index (χ4n) is 2.64. The van der Waals surface area contributed by atoms with E-state index in [4.69, 9.17) is 4.74 Å². The van der Waals surface area contributed by atoms with E-state index in [0.29, 0.717) is 12.5 Å². The summed E-state index contributed by atoms with van der Waals surface area (Å²) in [6.45, 7) is 5.21. The molecule has 1 fully saturated rings. The lowest BCUT2D eigenvalue weighted by Crippen LogP contribution is -2.51. The van der Waals surface area contributed by atoms with Crippen molar-refractivity contribution in [2.45, 2.75) is 32.9 Å². The van der Waals surface area contributed by atoms with Crippen LogP contribution >= 0.6 is 0 Å². The number of benzene rings is 1. The Bertz CT molecular complexity index is 490. The number of amides is 2. The van der Waals surface area contributed by atoms with Crippen LogP contribution in [-0.2, 0) is 16.1 Å². The van der Waals surface area contributed by atoms with Gasteiger partial charge in [-0.25, -0.2) is 4.79 Å². The second-order valence-corrected chi connectivity index (χ2v) is 5.67. The summed E-state index contributed by atoms with van der Waals surface area (Å²) in [5, 5.41) is 2.85. The van der Waals surface area contributed by atoms with Crippen LogP contribution < -0.4 is 5.32 Å².